The molecule has 0 atom stereocenters. The topological polar surface area (TPSA) is 40.5 Å². The molecular formula is C17H20O2. The highest BCUT2D eigenvalue weighted by Crippen LogP contribution is 2.35. The summed E-state index contributed by atoms with van der Waals surface area (Å²) < 4.78 is 0. The van der Waals surface area contributed by atoms with Crippen LogP contribution in [0.1, 0.15) is 31.7 Å². The molecule has 0 radical (unpaired) electrons. The number of para-hydroxylation sites is 1. The molecule has 2 rings (SSSR count). The molecule has 19 heavy (non-hydrogen) atoms. The van der Waals surface area contributed by atoms with Crippen molar-refractivity contribution in [2.75, 3.05) is 0 Å². The van der Waals surface area contributed by atoms with Gasteiger partial charge in [0.1, 0.15) is 11.5 Å². The average Bonchev–Trinajstić information content (AvgIpc) is 2.40. The van der Waals surface area contributed by atoms with Crippen LogP contribution in [0, 0.1) is 0 Å². The van der Waals surface area contributed by atoms with Crippen LogP contribution in [-0.4, -0.2) is 10.2 Å². The maximum atomic E-state index is 10.1. The van der Waals surface area contributed by atoms with E-state index in [9.17, 15) is 10.2 Å². The lowest BCUT2D eigenvalue weighted by molar-refractivity contribution is 0.468. The van der Waals surface area contributed by atoms with Crippen LogP contribution in [0.5, 0.6) is 11.5 Å². The highest BCUT2D eigenvalue weighted by atomic mass is 16.3. The largest absolute Gasteiger partial charge is 0.507 e. The molecule has 0 spiro atoms. The Kier molecular flexibility index (Phi) is 4.45. The molecule has 100 valence electrons. The van der Waals surface area contributed by atoms with Gasteiger partial charge < -0.3 is 10.2 Å². The van der Waals surface area contributed by atoms with Crippen molar-refractivity contribution >= 4 is 0 Å². The quantitative estimate of drug-likeness (QED) is 0.773. The van der Waals surface area contributed by atoms with Gasteiger partial charge in [0, 0.05) is 11.1 Å². The number of aromatic hydroxyl groups is 2. The number of phenolic OH excluding ortho intramolecular Hbond substituents is 2. The van der Waals surface area contributed by atoms with E-state index in [1.54, 1.807) is 24.3 Å². The summed E-state index contributed by atoms with van der Waals surface area (Å²) in [6, 6.07) is 12.8. The van der Waals surface area contributed by atoms with E-state index in [1.807, 2.05) is 18.2 Å². The van der Waals surface area contributed by atoms with E-state index in [-0.39, 0.29) is 11.5 Å². The van der Waals surface area contributed by atoms with Crippen LogP contribution in [0.25, 0.3) is 11.1 Å². The third kappa shape index (κ3) is 3.28. The Morgan fingerprint density at radius 2 is 1.58 bits per heavy atom. The number of benzene rings is 2. The Labute approximate surface area is 114 Å². The Bertz CT molecular complexity index is 547. The van der Waals surface area contributed by atoms with E-state index in [0.717, 1.165) is 18.4 Å². The van der Waals surface area contributed by atoms with Gasteiger partial charge in [0.15, 0.2) is 0 Å². The van der Waals surface area contributed by atoms with Crippen molar-refractivity contribution in [3.8, 4) is 22.6 Å². The molecule has 0 bridgehead atoms. The number of hydrogen-bond acceptors (Lipinski definition) is 2. The zero-order valence-electron chi connectivity index (χ0n) is 11.3. The van der Waals surface area contributed by atoms with Gasteiger partial charge in [-0.15, -0.1) is 0 Å². The lowest BCUT2D eigenvalue weighted by Gasteiger charge is -2.09. The number of rotatable bonds is 5. The van der Waals surface area contributed by atoms with Crippen LogP contribution in [0.15, 0.2) is 42.5 Å². The average molecular weight is 256 g/mol. The maximum Gasteiger partial charge on any atom is 0.123 e. The van der Waals surface area contributed by atoms with Crippen LogP contribution in [0.2, 0.25) is 0 Å². The molecule has 0 unspecified atom stereocenters. The second kappa shape index (κ2) is 6.28. The highest BCUT2D eigenvalue weighted by Gasteiger charge is 2.08. The molecular weight excluding hydrogens is 236 g/mol. The van der Waals surface area contributed by atoms with Crippen molar-refractivity contribution in [2.24, 2.45) is 0 Å². The summed E-state index contributed by atoms with van der Waals surface area (Å²) in [4.78, 5) is 0. The zero-order chi connectivity index (χ0) is 13.7. The van der Waals surface area contributed by atoms with Gasteiger partial charge in [0.25, 0.3) is 0 Å². The number of aryl methyl sites for hydroxylation is 1. The molecule has 2 aromatic carbocycles. The first-order valence-electron chi connectivity index (χ1n) is 6.82. The second-order valence-electron chi connectivity index (χ2n) is 4.83. The Hall–Kier alpha value is -1.96. The van der Waals surface area contributed by atoms with E-state index in [2.05, 4.69) is 6.92 Å². The normalized spacial score (nSPS) is 10.6. The van der Waals surface area contributed by atoms with E-state index in [1.165, 1.54) is 12.8 Å². The molecule has 0 aliphatic rings. The van der Waals surface area contributed by atoms with E-state index >= 15 is 0 Å². The summed E-state index contributed by atoms with van der Waals surface area (Å²) in [5.41, 5.74) is 2.49. The second-order valence-corrected chi connectivity index (χ2v) is 4.83. The van der Waals surface area contributed by atoms with Crippen LogP contribution >= 0.6 is 0 Å². The van der Waals surface area contributed by atoms with Gasteiger partial charge in [-0.25, -0.2) is 0 Å². The molecule has 0 fully saturated rings. The van der Waals surface area contributed by atoms with E-state index in [0.29, 0.717) is 11.1 Å². The molecule has 0 aliphatic heterocycles. The highest BCUT2D eigenvalue weighted by molar-refractivity contribution is 5.75. The summed E-state index contributed by atoms with van der Waals surface area (Å²) in [5.74, 6) is 0.423. The first kappa shape index (κ1) is 13.5. The van der Waals surface area contributed by atoms with Gasteiger partial charge in [-0.3, -0.25) is 0 Å². The van der Waals surface area contributed by atoms with Gasteiger partial charge in [-0.05, 0) is 30.5 Å². The number of hydrogen-bond donors (Lipinski definition) is 2. The van der Waals surface area contributed by atoms with Crippen molar-refractivity contribution in [3.63, 3.8) is 0 Å². The number of unbranched alkanes of at least 4 members (excludes halogenated alkanes) is 2. The van der Waals surface area contributed by atoms with Gasteiger partial charge >= 0.3 is 0 Å². The van der Waals surface area contributed by atoms with Crippen LogP contribution in [-0.2, 0) is 6.42 Å². The van der Waals surface area contributed by atoms with Gasteiger partial charge in [0.2, 0.25) is 0 Å². The number of phenols is 2. The first-order chi connectivity index (χ1) is 9.22. The molecule has 0 heterocycles. The van der Waals surface area contributed by atoms with Gasteiger partial charge in [0.05, 0.1) is 0 Å². The SMILES string of the molecule is CCCCCc1ccc(-c2ccccc2O)c(O)c1. The Balaban J connectivity index is 2.22. The molecule has 0 aliphatic carbocycles. The zero-order valence-corrected chi connectivity index (χ0v) is 11.3. The minimum Gasteiger partial charge on any atom is -0.507 e. The predicted octanol–water partition coefficient (Wildman–Crippen LogP) is 4.50. The van der Waals surface area contributed by atoms with E-state index < -0.39 is 0 Å². The molecule has 0 saturated carbocycles. The van der Waals surface area contributed by atoms with Crippen molar-refractivity contribution in [3.05, 3.63) is 48.0 Å². The minimum atomic E-state index is 0.191. The fourth-order valence-electron chi connectivity index (χ4n) is 2.24. The smallest absolute Gasteiger partial charge is 0.123 e. The van der Waals surface area contributed by atoms with Crippen molar-refractivity contribution in [1.29, 1.82) is 0 Å². The van der Waals surface area contributed by atoms with Crippen molar-refractivity contribution in [2.45, 2.75) is 32.6 Å². The van der Waals surface area contributed by atoms with Gasteiger partial charge in [-0.2, -0.15) is 0 Å². The van der Waals surface area contributed by atoms with Crippen LogP contribution in [0.4, 0.5) is 0 Å². The van der Waals surface area contributed by atoms with Crippen LogP contribution < -0.4 is 0 Å². The monoisotopic (exact) mass is 256 g/mol. The van der Waals surface area contributed by atoms with Crippen LogP contribution in [0.3, 0.4) is 0 Å². The first-order valence-corrected chi connectivity index (χ1v) is 6.82. The molecule has 2 heteroatoms. The third-order valence-electron chi connectivity index (χ3n) is 3.33. The summed E-state index contributed by atoms with van der Waals surface area (Å²) in [6.45, 7) is 2.18. The molecule has 2 N–H and O–H groups in total. The van der Waals surface area contributed by atoms with Crippen molar-refractivity contribution in [1.82, 2.24) is 0 Å². The standard InChI is InChI=1S/C17H20O2/c1-2-3-4-7-13-10-11-15(17(19)12-13)14-8-5-6-9-16(14)18/h5-6,8-12,18-19H,2-4,7H2,1H3. The Morgan fingerprint density at radius 1 is 0.842 bits per heavy atom. The lowest BCUT2D eigenvalue weighted by Crippen LogP contribution is -1.87. The summed E-state index contributed by atoms with van der Waals surface area (Å²) in [7, 11) is 0. The molecule has 2 nitrogen and oxygen atoms in total. The molecule has 0 amide bonds. The van der Waals surface area contributed by atoms with Gasteiger partial charge in [-0.1, -0.05) is 50.1 Å². The summed E-state index contributed by atoms with van der Waals surface area (Å²) in [6.07, 6.45) is 4.54. The molecule has 0 saturated heterocycles. The fourth-order valence-corrected chi connectivity index (χ4v) is 2.24. The third-order valence-corrected chi connectivity index (χ3v) is 3.33. The minimum absolute atomic E-state index is 0.191. The Morgan fingerprint density at radius 3 is 2.26 bits per heavy atom. The fraction of sp³-hybridized carbons (Fsp3) is 0.294. The molecule has 2 aromatic rings. The maximum absolute atomic E-state index is 10.1. The summed E-state index contributed by atoms with van der Waals surface area (Å²) in [5, 5.41) is 19.9. The summed E-state index contributed by atoms with van der Waals surface area (Å²) >= 11 is 0. The van der Waals surface area contributed by atoms with E-state index in [4.69, 9.17) is 0 Å². The molecule has 0 aromatic heterocycles. The predicted molar refractivity (Wildman–Crippen MR) is 78.4 cm³/mol. The lowest BCUT2D eigenvalue weighted by atomic mass is 9.99. The van der Waals surface area contributed by atoms with Crippen molar-refractivity contribution < 1.29 is 10.2 Å².